The summed E-state index contributed by atoms with van der Waals surface area (Å²) in [5.74, 6) is -0.908. The second-order valence-corrected chi connectivity index (χ2v) is 5.99. The second kappa shape index (κ2) is 5.97. The smallest absolute Gasteiger partial charge is 0.277 e. The van der Waals surface area contributed by atoms with Crippen LogP contribution in [0, 0.1) is 5.41 Å². The molecule has 1 fully saturated rings. The molecule has 6 heteroatoms. The van der Waals surface area contributed by atoms with E-state index in [0.29, 0.717) is 12.8 Å². The van der Waals surface area contributed by atoms with Crippen LogP contribution in [-0.2, 0) is 16.1 Å². The van der Waals surface area contributed by atoms with Gasteiger partial charge in [0, 0.05) is 4.47 Å². The first-order valence-electron chi connectivity index (χ1n) is 6.86. The van der Waals surface area contributed by atoms with Gasteiger partial charge in [-0.25, -0.2) is 4.79 Å². The Balaban J connectivity index is 2.32. The molecule has 1 aliphatic rings. The Morgan fingerprint density at radius 1 is 1.19 bits per heavy atom. The van der Waals surface area contributed by atoms with E-state index in [2.05, 4.69) is 21.2 Å². The van der Waals surface area contributed by atoms with Gasteiger partial charge in [0.2, 0.25) is 11.8 Å². The normalized spacial score (nSPS) is 17.9. The van der Waals surface area contributed by atoms with Crippen molar-refractivity contribution in [3.05, 3.63) is 34.3 Å². The van der Waals surface area contributed by atoms with E-state index in [1.165, 1.54) is 0 Å². The van der Waals surface area contributed by atoms with Crippen molar-refractivity contribution in [3.63, 3.8) is 0 Å². The maximum Gasteiger partial charge on any atom is 0.331 e. The van der Waals surface area contributed by atoms with Crippen LogP contribution in [0.3, 0.4) is 0 Å². The molecule has 0 aliphatic carbocycles. The molecule has 5 nitrogen and oxygen atoms in total. The number of carbonyl (C=O) groups is 3. The van der Waals surface area contributed by atoms with E-state index in [4.69, 9.17) is 0 Å². The van der Waals surface area contributed by atoms with Crippen molar-refractivity contribution in [2.75, 3.05) is 0 Å². The average molecular weight is 353 g/mol. The van der Waals surface area contributed by atoms with Gasteiger partial charge in [0.1, 0.15) is 5.41 Å². The summed E-state index contributed by atoms with van der Waals surface area (Å²) in [5, 5.41) is 2.30. The largest absolute Gasteiger partial charge is 0.331 e. The molecule has 21 heavy (non-hydrogen) atoms. The van der Waals surface area contributed by atoms with Crippen molar-refractivity contribution < 1.29 is 14.4 Å². The number of barbiturate groups is 1. The van der Waals surface area contributed by atoms with Gasteiger partial charge in [0.25, 0.3) is 0 Å². The Kier molecular flexibility index (Phi) is 4.46. The molecular weight excluding hydrogens is 336 g/mol. The summed E-state index contributed by atoms with van der Waals surface area (Å²) in [6.45, 7) is 3.72. The Labute approximate surface area is 131 Å². The molecule has 1 aromatic carbocycles. The predicted octanol–water partition coefficient (Wildman–Crippen LogP) is 2.83. The number of carbonyl (C=O) groups excluding carboxylic acids is 3. The maximum atomic E-state index is 12.7. The van der Waals surface area contributed by atoms with Crippen LogP contribution < -0.4 is 5.32 Å². The zero-order chi connectivity index (χ0) is 15.6. The van der Waals surface area contributed by atoms with Gasteiger partial charge < -0.3 is 0 Å². The van der Waals surface area contributed by atoms with E-state index < -0.39 is 23.3 Å². The molecule has 112 valence electrons. The third-order valence-electron chi connectivity index (χ3n) is 3.99. The fourth-order valence-electron chi connectivity index (χ4n) is 2.57. The molecule has 2 rings (SSSR count). The van der Waals surface area contributed by atoms with E-state index in [1.807, 2.05) is 24.3 Å². The van der Waals surface area contributed by atoms with Crippen LogP contribution in [0.15, 0.2) is 28.7 Å². The molecule has 0 unspecified atom stereocenters. The SMILES string of the molecule is CCC1(CC)C(=O)NC(=O)N(Cc2cccc(Br)c2)C1=O. The lowest BCUT2D eigenvalue weighted by Crippen LogP contribution is -2.63. The zero-order valence-electron chi connectivity index (χ0n) is 12.0. The first kappa shape index (κ1) is 15.7. The molecule has 1 aliphatic heterocycles. The van der Waals surface area contributed by atoms with Crippen LogP contribution in [0.4, 0.5) is 4.79 Å². The van der Waals surface area contributed by atoms with E-state index in [-0.39, 0.29) is 6.54 Å². The predicted molar refractivity (Wildman–Crippen MR) is 81.2 cm³/mol. The molecule has 0 radical (unpaired) electrons. The molecule has 0 saturated carbocycles. The molecule has 1 saturated heterocycles. The Morgan fingerprint density at radius 3 is 2.43 bits per heavy atom. The van der Waals surface area contributed by atoms with E-state index in [1.54, 1.807) is 13.8 Å². The summed E-state index contributed by atoms with van der Waals surface area (Å²) in [6.07, 6.45) is 0.743. The lowest BCUT2D eigenvalue weighted by molar-refractivity contribution is -0.152. The highest BCUT2D eigenvalue weighted by Gasteiger charge is 2.51. The topological polar surface area (TPSA) is 66.5 Å². The minimum absolute atomic E-state index is 0.152. The molecule has 0 bridgehead atoms. The first-order chi connectivity index (χ1) is 9.94. The molecule has 1 heterocycles. The van der Waals surface area contributed by atoms with Gasteiger partial charge in [-0.15, -0.1) is 0 Å². The van der Waals surface area contributed by atoms with Crippen LogP contribution in [0.2, 0.25) is 0 Å². The number of amides is 4. The third-order valence-corrected chi connectivity index (χ3v) is 4.48. The van der Waals surface area contributed by atoms with Crippen LogP contribution in [0.25, 0.3) is 0 Å². The Morgan fingerprint density at radius 2 is 1.86 bits per heavy atom. The van der Waals surface area contributed by atoms with E-state index in [0.717, 1.165) is 14.9 Å². The third kappa shape index (κ3) is 2.72. The average Bonchev–Trinajstić information content (AvgIpc) is 2.45. The van der Waals surface area contributed by atoms with E-state index in [9.17, 15) is 14.4 Å². The van der Waals surface area contributed by atoms with Gasteiger partial charge in [-0.3, -0.25) is 19.8 Å². The molecule has 4 amide bonds. The minimum atomic E-state index is -1.14. The Bertz CT molecular complexity index is 596. The number of imide groups is 2. The van der Waals surface area contributed by atoms with Gasteiger partial charge >= 0.3 is 6.03 Å². The Hall–Kier alpha value is -1.69. The monoisotopic (exact) mass is 352 g/mol. The van der Waals surface area contributed by atoms with Crippen LogP contribution in [-0.4, -0.2) is 22.7 Å². The summed E-state index contributed by atoms with van der Waals surface area (Å²) in [5.41, 5.74) is -0.316. The summed E-state index contributed by atoms with van der Waals surface area (Å²) < 4.78 is 0.873. The number of urea groups is 1. The highest BCUT2D eigenvalue weighted by molar-refractivity contribution is 9.10. The van der Waals surface area contributed by atoms with Gasteiger partial charge in [-0.1, -0.05) is 41.9 Å². The van der Waals surface area contributed by atoms with Crippen molar-refractivity contribution in [1.82, 2.24) is 10.2 Å². The molecular formula is C15H17BrN2O3. The lowest BCUT2D eigenvalue weighted by Gasteiger charge is -2.38. The fourth-order valence-corrected chi connectivity index (χ4v) is 3.01. The van der Waals surface area contributed by atoms with Gasteiger partial charge in [-0.05, 0) is 30.5 Å². The molecule has 0 aromatic heterocycles. The number of hydrogen-bond donors (Lipinski definition) is 1. The number of halogens is 1. The number of benzene rings is 1. The number of hydrogen-bond acceptors (Lipinski definition) is 3. The van der Waals surface area contributed by atoms with E-state index >= 15 is 0 Å². The molecule has 0 atom stereocenters. The molecule has 1 N–H and O–H groups in total. The van der Waals surface area contributed by atoms with Crippen molar-refractivity contribution in [3.8, 4) is 0 Å². The summed E-state index contributed by atoms with van der Waals surface area (Å²) >= 11 is 3.36. The summed E-state index contributed by atoms with van der Waals surface area (Å²) in [7, 11) is 0. The van der Waals surface area contributed by atoms with Crippen LogP contribution in [0.1, 0.15) is 32.3 Å². The van der Waals surface area contributed by atoms with Gasteiger partial charge in [-0.2, -0.15) is 0 Å². The minimum Gasteiger partial charge on any atom is -0.277 e. The number of nitrogens with one attached hydrogen (secondary N) is 1. The molecule has 1 aromatic rings. The highest BCUT2D eigenvalue weighted by Crippen LogP contribution is 2.33. The lowest BCUT2D eigenvalue weighted by atomic mass is 9.78. The fraction of sp³-hybridized carbons (Fsp3) is 0.400. The van der Waals surface area contributed by atoms with Crippen LogP contribution in [0.5, 0.6) is 0 Å². The van der Waals surface area contributed by atoms with Gasteiger partial charge in [0.15, 0.2) is 0 Å². The van der Waals surface area contributed by atoms with Crippen molar-refractivity contribution in [2.45, 2.75) is 33.2 Å². The van der Waals surface area contributed by atoms with Crippen molar-refractivity contribution >= 4 is 33.8 Å². The highest BCUT2D eigenvalue weighted by atomic mass is 79.9. The zero-order valence-corrected chi connectivity index (χ0v) is 13.6. The van der Waals surface area contributed by atoms with Crippen molar-refractivity contribution in [1.29, 1.82) is 0 Å². The van der Waals surface area contributed by atoms with Gasteiger partial charge in [0.05, 0.1) is 6.54 Å². The van der Waals surface area contributed by atoms with Crippen molar-refractivity contribution in [2.24, 2.45) is 5.41 Å². The number of rotatable bonds is 4. The molecule has 0 spiro atoms. The first-order valence-corrected chi connectivity index (χ1v) is 7.65. The standard InChI is InChI=1S/C15H17BrN2O3/c1-3-15(4-2)12(19)17-14(21)18(13(15)20)9-10-6-5-7-11(16)8-10/h5-8H,3-4,9H2,1-2H3,(H,17,19,21). The maximum absolute atomic E-state index is 12.7. The quantitative estimate of drug-likeness (QED) is 0.847. The second-order valence-electron chi connectivity index (χ2n) is 5.07. The summed E-state index contributed by atoms with van der Waals surface area (Å²) in [4.78, 5) is 37.8. The summed E-state index contributed by atoms with van der Waals surface area (Å²) in [6, 6.07) is 6.73. The van der Waals surface area contributed by atoms with Crippen LogP contribution >= 0.6 is 15.9 Å². The number of nitrogens with zero attached hydrogens (tertiary/aromatic N) is 1.